The summed E-state index contributed by atoms with van der Waals surface area (Å²) in [6.45, 7) is 13.7. The van der Waals surface area contributed by atoms with Crippen molar-refractivity contribution in [1.82, 2.24) is 0 Å². The van der Waals surface area contributed by atoms with Crippen molar-refractivity contribution in [1.29, 1.82) is 0 Å². The van der Waals surface area contributed by atoms with Crippen LogP contribution < -0.4 is 4.57 Å². The summed E-state index contributed by atoms with van der Waals surface area (Å²) < 4.78 is 2.41. The Morgan fingerprint density at radius 2 is 1.58 bits per heavy atom. The second kappa shape index (κ2) is 4.63. The molecule has 1 heterocycles. The van der Waals surface area contributed by atoms with Gasteiger partial charge in [0.15, 0.2) is 11.7 Å². The standard InChI is InChI=1S/C18H26N/c1-17(2,3)12-14-11-15-9-7-8-10-16(15)19(13-14)18(4,5)6/h7-11,13H,12H2,1-6H3/q+1. The molecule has 0 bridgehead atoms. The lowest BCUT2D eigenvalue weighted by molar-refractivity contribution is -0.731. The molecule has 0 aliphatic rings. The van der Waals surface area contributed by atoms with Crippen molar-refractivity contribution in [2.45, 2.75) is 53.5 Å². The van der Waals surface area contributed by atoms with Gasteiger partial charge in [-0.15, -0.1) is 0 Å². The maximum atomic E-state index is 2.41. The van der Waals surface area contributed by atoms with E-state index in [1.165, 1.54) is 16.5 Å². The third kappa shape index (κ3) is 3.34. The van der Waals surface area contributed by atoms with Gasteiger partial charge < -0.3 is 0 Å². The minimum atomic E-state index is 0.105. The number of nitrogens with zero attached hydrogens (tertiary/aromatic N) is 1. The van der Waals surface area contributed by atoms with Gasteiger partial charge in [0.25, 0.3) is 0 Å². The molecular formula is C18H26N+. The molecule has 0 atom stereocenters. The van der Waals surface area contributed by atoms with Crippen LogP contribution in [0.4, 0.5) is 0 Å². The zero-order chi connectivity index (χ0) is 14.3. The molecule has 19 heavy (non-hydrogen) atoms. The van der Waals surface area contributed by atoms with Gasteiger partial charge in [-0.3, -0.25) is 0 Å². The van der Waals surface area contributed by atoms with E-state index in [9.17, 15) is 0 Å². The smallest absolute Gasteiger partial charge is 0.194 e. The van der Waals surface area contributed by atoms with Gasteiger partial charge >= 0.3 is 0 Å². The first-order valence-corrected chi connectivity index (χ1v) is 7.11. The fourth-order valence-corrected chi connectivity index (χ4v) is 2.57. The lowest BCUT2D eigenvalue weighted by Gasteiger charge is -2.20. The maximum absolute atomic E-state index is 2.41. The van der Waals surface area contributed by atoms with E-state index in [0.717, 1.165) is 6.42 Å². The topological polar surface area (TPSA) is 3.88 Å². The Morgan fingerprint density at radius 3 is 2.16 bits per heavy atom. The minimum absolute atomic E-state index is 0.105. The van der Waals surface area contributed by atoms with Crippen LogP contribution in [-0.4, -0.2) is 0 Å². The van der Waals surface area contributed by atoms with Crippen molar-refractivity contribution in [3.8, 4) is 0 Å². The van der Waals surface area contributed by atoms with Gasteiger partial charge in [-0.25, -0.2) is 0 Å². The van der Waals surface area contributed by atoms with E-state index in [1.807, 2.05) is 0 Å². The van der Waals surface area contributed by atoms with Crippen molar-refractivity contribution in [2.24, 2.45) is 5.41 Å². The molecule has 1 aromatic heterocycles. The Morgan fingerprint density at radius 1 is 0.947 bits per heavy atom. The van der Waals surface area contributed by atoms with Crippen LogP contribution in [0, 0.1) is 5.41 Å². The molecule has 2 aromatic rings. The average molecular weight is 256 g/mol. The molecule has 0 aliphatic heterocycles. The number of hydrogen-bond acceptors (Lipinski definition) is 0. The van der Waals surface area contributed by atoms with Gasteiger partial charge in [0.05, 0.1) is 0 Å². The number of hydrogen-bond donors (Lipinski definition) is 0. The highest BCUT2D eigenvalue weighted by Gasteiger charge is 2.26. The normalized spacial score (nSPS) is 12.9. The summed E-state index contributed by atoms with van der Waals surface area (Å²) in [6, 6.07) is 11.0. The van der Waals surface area contributed by atoms with E-state index in [0.29, 0.717) is 5.41 Å². The summed E-state index contributed by atoms with van der Waals surface area (Å²) in [5.74, 6) is 0. The lowest BCUT2D eigenvalue weighted by Crippen LogP contribution is -2.50. The molecule has 0 radical (unpaired) electrons. The quantitative estimate of drug-likeness (QED) is 0.663. The van der Waals surface area contributed by atoms with E-state index in [1.54, 1.807) is 0 Å². The van der Waals surface area contributed by atoms with Gasteiger partial charge in [0.1, 0.15) is 0 Å². The van der Waals surface area contributed by atoms with Crippen molar-refractivity contribution < 1.29 is 4.57 Å². The third-order valence-electron chi connectivity index (χ3n) is 3.29. The highest BCUT2D eigenvalue weighted by Crippen LogP contribution is 2.23. The summed E-state index contributed by atoms with van der Waals surface area (Å²) in [4.78, 5) is 0. The van der Waals surface area contributed by atoms with Gasteiger partial charge in [0, 0.05) is 37.8 Å². The Labute approximate surface area is 117 Å². The van der Waals surface area contributed by atoms with Crippen LogP contribution in [-0.2, 0) is 12.0 Å². The zero-order valence-electron chi connectivity index (χ0n) is 13.1. The first-order chi connectivity index (χ1) is 8.67. The summed E-state index contributed by atoms with van der Waals surface area (Å²) in [7, 11) is 0. The molecule has 0 amide bonds. The molecule has 1 heteroatoms. The molecule has 1 aromatic carbocycles. The molecule has 102 valence electrons. The van der Waals surface area contributed by atoms with Crippen LogP contribution in [0.25, 0.3) is 10.9 Å². The Hall–Kier alpha value is -1.37. The van der Waals surface area contributed by atoms with E-state index in [2.05, 4.69) is 82.6 Å². The van der Waals surface area contributed by atoms with Gasteiger partial charge in [-0.05, 0) is 24.0 Å². The summed E-state index contributed by atoms with van der Waals surface area (Å²) in [6.07, 6.45) is 3.43. The second-order valence-electron chi connectivity index (χ2n) is 7.69. The molecular weight excluding hydrogens is 230 g/mol. The number of rotatable bonds is 1. The van der Waals surface area contributed by atoms with Crippen molar-refractivity contribution in [3.05, 3.63) is 42.1 Å². The predicted octanol–water partition coefficient (Wildman–Crippen LogP) is 4.47. The molecule has 0 spiro atoms. The van der Waals surface area contributed by atoms with Gasteiger partial charge in [-0.2, -0.15) is 4.57 Å². The molecule has 0 saturated carbocycles. The Balaban J connectivity index is 2.64. The van der Waals surface area contributed by atoms with Crippen LogP contribution >= 0.6 is 0 Å². The molecule has 0 saturated heterocycles. The van der Waals surface area contributed by atoms with Gasteiger partial charge in [0.2, 0.25) is 5.52 Å². The molecule has 0 fully saturated rings. The van der Waals surface area contributed by atoms with E-state index in [-0.39, 0.29) is 5.54 Å². The van der Waals surface area contributed by atoms with Crippen molar-refractivity contribution in [3.63, 3.8) is 0 Å². The number of benzene rings is 1. The lowest BCUT2D eigenvalue weighted by atomic mass is 9.88. The SMILES string of the molecule is CC(C)(C)Cc1cc2ccccc2[n+](C(C)(C)C)c1. The minimum Gasteiger partial charge on any atom is -0.194 e. The number of fused-ring (bicyclic) bond motifs is 1. The number of pyridine rings is 1. The third-order valence-corrected chi connectivity index (χ3v) is 3.29. The Bertz CT molecular complexity index is 583. The van der Waals surface area contributed by atoms with Crippen LogP contribution in [0.5, 0.6) is 0 Å². The highest BCUT2D eigenvalue weighted by atomic mass is 15.0. The molecule has 2 rings (SSSR count). The summed E-state index contributed by atoms with van der Waals surface area (Å²) in [5, 5.41) is 1.33. The fraction of sp³-hybridized carbons (Fsp3) is 0.500. The van der Waals surface area contributed by atoms with E-state index < -0.39 is 0 Å². The molecule has 0 N–H and O–H groups in total. The fourth-order valence-electron chi connectivity index (χ4n) is 2.57. The molecule has 1 nitrogen and oxygen atoms in total. The number of para-hydroxylation sites is 1. The monoisotopic (exact) mass is 256 g/mol. The van der Waals surface area contributed by atoms with Crippen molar-refractivity contribution in [2.75, 3.05) is 0 Å². The number of aromatic nitrogens is 1. The van der Waals surface area contributed by atoms with Crippen LogP contribution in [0.15, 0.2) is 36.5 Å². The summed E-state index contributed by atoms with van der Waals surface area (Å²) in [5.41, 5.74) is 3.15. The maximum Gasteiger partial charge on any atom is 0.212 e. The largest absolute Gasteiger partial charge is 0.212 e. The Kier molecular flexibility index (Phi) is 3.42. The zero-order valence-corrected chi connectivity index (χ0v) is 13.1. The first-order valence-electron chi connectivity index (χ1n) is 7.11. The first kappa shape index (κ1) is 14.0. The predicted molar refractivity (Wildman–Crippen MR) is 82.3 cm³/mol. The molecule has 0 aliphatic carbocycles. The molecule has 0 unspecified atom stereocenters. The van der Waals surface area contributed by atoms with Crippen LogP contribution in [0.1, 0.15) is 47.1 Å². The highest BCUT2D eigenvalue weighted by molar-refractivity contribution is 5.75. The summed E-state index contributed by atoms with van der Waals surface area (Å²) >= 11 is 0. The van der Waals surface area contributed by atoms with Gasteiger partial charge in [-0.1, -0.05) is 32.9 Å². The average Bonchev–Trinajstić information content (AvgIpc) is 2.24. The van der Waals surface area contributed by atoms with Crippen LogP contribution in [0.2, 0.25) is 0 Å². The van der Waals surface area contributed by atoms with Crippen molar-refractivity contribution >= 4 is 10.9 Å². The van der Waals surface area contributed by atoms with E-state index in [4.69, 9.17) is 0 Å². The van der Waals surface area contributed by atoms with Crippen LogP contribution in [0.3, 0.4) is 0 Å². The van der Waals surface area contributed by atoms with E-state index >= 15 is 0 Å². The second-order valence-corrected chi connectivity index (χ2v) is 7.69.